The molecule has 16 heavy (non-hydrogen) atoms. The van der Waals surface area contributed by atoms with E-state index in [9.17, 15) is 12.6 Å². The lowest BCUT2D eigenvalue weighted by Gasteiger charge is -2.03. The number of hydrogen-bond donors (Lipinski definition) is 1. The van der Waals surface area contributed by atoms with Gasteiger partial charge in [0.25, 0.3) is 0 Å². The van der Waals surface area contributed by atoms with Crippen LogP contribution in [0, 0.1) is 0 Å². The van der Waals surface area contributed by atoms with Crippen LogP contribution in [0.25, 0.3) is 0 Å². The number of nitrogens with two attached hydrogens (primary N) is 1. The molecule has 0 spiro atoms. The second-order valence-electron chi connectivity index (χ2n) is 3.36. The van der Waals surface area contributed by atoms with E-state index in [0.717, 1.165) is 0 Å². The molecule has 0 aromatic heterocycles. The fourth-order valence-corrected chi connectivity index (χ4v) is 3.76. The summed E-state index contributed by atoms with van der Waals surface area (Å²) >= 11 is 0. The summed E-state index contributed by atoms with van der Waals surface area (Å²) in [6.07, 6.45) is 0. The van der Waals surface area contributed by atoms with E-state index in [1.165, 1.54) is 0 Å². The minimum Gasteiger partial charge on any atom is -0.399 e. The molecule has 0 amide bonds. The van der Waals surface area contributed by atoms with Crippen molar-refractivity contribution in [2.75, 3.05) is 23.0 Å². The highest BCUT2D eigenvalue weighted by atomic mass is 32.2. The monoisotopic (exact) mass is 261 g/mol. The molecule has 4 nitrogen and oxygen atoms in total. The molecule has 1 aromatic rings. The average molecular weight is 261 g/mol. The van der Waals surface area contributed by atoms with Crippen LogP contribution >= 0.6 is 0 Å². The summed E-state index contributed by atoms with van der Waals surface area (Å²) in [6.45, 7) is 1.58. The van der Waals surface area contributed by atoms with Crippen LogP contribution in [-0.2, 0) is 20.6 Å². The number of benzene rings is 1. The maximum atomic E-state index is 11.8. The van der Waals surface area contributed by atoms with Crippen molar-refractivity contribution in [1.82, 2.24) is 0 Å². The van der Waals surface area contributed by atoms with Gasteiger partial charge in [-0.1, -0.05) is 13.0 Å². The third kappa shape index (κ3) is 3.94. The highest BCUT2D eigenvalue weighted by molar-refractivity contribution is 7.93. The normalized spacial score (nSPS) is 13.6. The summed E-state index contributed by atoms with van der Waals surface area (Å²) in [5.74, 6) is 0.158. The number of nitrogen functional groups attached to an aromatic ring is 1. The van der Waals surface area contributed by atoms with Crippen molar-refractivity contribution in [3.8, 4) is 0 Å². The van der Waals surface area contributed by atoms with Gasteiger partial charge < -0.3 is 5.73 Å². The van der Waals surface area contributed by atoms with Gasteiger partial charge in [0.05, 0.1) is 16.6 Å². The second kappa shape index (κ2) is 5.45. The molecule has 0 heterocycles. The fourth-order valence-electron chi connectivity index (χ4n) is 1.12. The fraction of sp³-hybridized carbons (Fsp3) is 0.400. The van der Waals surface area contributed by atoms with Crippen LogP contribution < -0.4 is 5.73 Å². The van der Waals surface area contributed by atoms with Crippen molar-refractivity contribution in [2.45, 2.75) is 11.8 Å². The molecule has 0 fully saturated rings. The van der Waals surface area contributed by atoms with E-state index in [0.29, 0.717) is 10.6 Å². The number of rotatable bonds is 5. The van der Waals surface area contributed by atoms with E-state index in [1.54, 1.807) is 31.2 Å². The van der Waals surface area contributed by atoms with Gasteiger partial charge in [-0.05, 0) is 18.2 Å². The van der Waals surface area contributed by atoms with Crippen LogP contribution in [0.4, 0.5) is 5.69 Å². The van der Waals surface area contributed by atoms with Crippen LogP contribution in [0.3, 0.4) is 0 Å². The molecule has 0 bridgehead atoms. The predicted octanol–water partition coefficient (Wildman–Crippen LogP) is 0.811. The Morgan fingerprint density at radius 3 is 2.62 bits per heavy atom. The van der Waals surface area contributed by atoms with Crippen molar-refractivity contribution in [1.29, 1.82) is 0 Å². The van der Waals surface area contributed by atoms with Gasteiger partial charge in [-0.3, -0.25) is 4.21 Å². The Kier molecular flexibility index (Phi) is 4.49. The van der Waals surface area contributed by atoms with Gasteiger partial charge in [0, 0.05) is 22.1 Å². The molecule has 0 saturated heterocycles. The molecular formula is C10H15NO3S2. The van der Waals surface area contributed by atoms with Gasteiger partial charge >= 0.3 is 0 Å². The first-order valence-corrected chi connectivity index (χ1v) is 8.03. The molecule has 2 N–H and O–H groups in total. The van der Waals surface area contributed by atoms with Crippen molar-refractivity contribution in [3.63, 3.8) is 0 Å². The Morgan fingerprint density at radius 2 is 2.06 bits per heavy atom. The van der Waals surface area contributed by atoms with E-state index in [2.05, 4.69) is 0 Å². The van der Waals surface area contributed by atoms with Crippen LogP contribution in [0.2, 0.25) is 0 Å². The van der Waals surface area contributed by atoms with Crippen LogP contribution in [0.5, 0.6) is 0 Å². The molecule has 0 aliphatic heterocycles. The Hall–Kier alpha value is -0.880. The maximum absolute atomic E-state index is 11.8. The van der Waals surface area contributed by atoms with Gasteiger partial charge in [-0.15, -0.1) is 0 Å². The highest BCUT2D eigenvalue weighted by Gasteiger charge is 2.11. The molecule has 1 rings (SSSR count). The first-order valence-electron chi connectivity index (χ1n) is 4.89. The zero-order valence-corrected chi connectivity index (χ0v) is 10.7. The minimum absolute atomic E-state index is 0.0507. The number of anilines is 1. The lowest BCUT2D eigenvalue weighted by Crippen LogP contribution is -2.15. The average Bonchev–Trinajstić information content (AvgIpc) is 2.26. The van der Waals surface area contributed by atoms with E-state index >= 15 is 0 Å². The number of sulfone groups is 1. The highest BCUT2D eigenvalue weighted by Crippen LogP contribution is 2.11. The molecule has 0 aliphatic carbocycles. The van der Waals surface area contributed by atoms with Crippen molar-refractivity contribution in [3.05, 3.63) is 24.3 Å². The molecule has 0 radical (unpaired) electrons. The van der Waals surface area contributed by atoms with Gasteiger partial charge in [0.15, 0.2) is 9.84 Å². The standard InChI is InChI=1S/C10H15NO3S2/c1-2-16(13,14)7-6-15(12)10-5-3-4-9(11)8-10/h3-5,8H,2,6-7,11H2,1H3. The summed E-state index contributed by atoms with van der Waals surface area (Å²) in [5, 5.41) is 0. The molecule has 0 saturated carbocycles. The third-order valence-corrected chi connectivity index (χ3v) is 5.46. The van der Waals surface area contributed by atoms with Gasteiger partial charge in [-0.2, -0.15) is 0 Å². The first kappa shape index (κ1) is 13.2. The zero-order chi connectivity index (χ0) is 12.2. The Bertz CT molecular complexity index is 483. The number of hydrogen-bond acceptors (Lipinski definition) is 4. The lowest BCUT2D eigenvalue weighted by molar-refractivity contribution is 0.598. The van der Waals surface area contributed by atoms with Crippen molar-refractivity contribution < 1.29 is 12.6 Å². The SMILES string of the molecule is CCS(=O)(=O)CCS(=O)c1cccc(N)c1. The molecule has 6 heteroatoms. The predicted molar refractivity (Wildman–Crippen MR) is 66.5 cm³/mol. The Labute approximate surface area is 98.2 Å². The molecule has 0 aliphatic rings. The van der Waals surface area contributed by atoms with Crippen molar-refractivity contribution in [2.24, 2.45) is 0 Å². The van der Waals surface area contributed by atoms with Crippen LogP contribution in [-0.4, -0.2) is 29.9 Å². The summed E-state index contributed by atoms with van der Waals surface area (Å²) in [5.41, 5.74) is 6.08. The molecule has 1 unspecified atom stereocenters. The maximum Gasteiger partial charge on any atom is 0.150 e. The Balaban J connectivity index is 2.67. The van der Waals surface area contributed by atoms with Crippen LogP contribution in [0.1, 0.15) is 6.92 Å². The minimum atomic E-state index is -3.06. The van der Waals surface area contributed by atoms with E-state index < -0.39 is 20.6 Å². The van der Waals surface area contributed by atoms with E-state index in [-0.39, 0.29) is 17.3 Å². The van der Waals surface area contributed by atoms with Gasteiger partial charge in [-0.25, -0.2) is 8.42 Å². The summed E-state index contributed by atoms with van der Waals surface area (Å²) in [6, 6.07) is 6.69. The molecule has 1 aromatic carbocycles. The lowest BCUT2D eigenvalue weighted by atomic mass is 10.3. The quantitative estimate of drug-likeness (QED) is 0.796. The first-order chi connectivity index (χ1) is 7.44. The topological polar surface area (TPSA) is 77.2 Å². The van der Waals surface area contributed by atoms with E-state index in [1.807, 2.05) is 0 Å². The largest absolute Gasteiger partial charge is 0.399 e. The Morgan fingerprint density at radius 1 is 1.38 bits per heavy atom. The molecule has 1 atom stereocenters. The third-order valence-electron chi connectivity index (χ3n) is 2.14. The van der Waals surface area contributed by atoms with Gasteiger partial charge in [0.2, 0.25) is 0 Å². The van der Waals surface area contributed by atoms with Crippen LogP contribution in [0.15, 0.2) is 29.2 Å². The zero-order valence-electron chi connectivity index (χ0n) is 9.05. The smallest absolute Gasteiger partial charge is 0.150 e. The molecular weight excluding hydrogens is 246 g/mol. The summed E-state index contributed by atoms with van der Waals surface area (Å²) in [4.78, 5) is 0.575. The second-order valence-corrected chi connectivity index (χ2v) is 7.40. The molecule has 90 valence electrons. The summed E-state index contributed by atoms with van der Waals surface area (Å²) < 4.78 is 34.2. The van der Waals surface area contributed by atoms with E-state index in [4.69, 9.17) is 5.73 Å². The van der Waals surface area contributed by atoms with Gasteiger partial charge in [0.1, 0.15) is 0 Å². The van der Waals surface area contributed by atoms with Crippen molar-refractivity contribution >= 4 is 26.3 Å². The summed E-state index contributed by atoms with van der Waals surface area (Å²) in [7, 11) is -4.36.